The molecular formula is C21H21N3O2. The number of amides is 1. The van der Waals surface area contributed by atoms with Gasteiger partial charge in [-0.2, -0.15) is 0 Å². The van der Waals surface area contributed by atoms with E-state index >= 15 is 0 Å². The van der Waals surface area contributed by atoms with E-state index in [1.807, 2.05) is 41.3 Å². The first-order chi connectivity index (χ1) is 12.7. The number of aromatic amines is 1. The van der Waals surface area contributed by atoms with Crippen molar-refractivity contribution >= 4 is 16.8 Å². The van der Waals surface area contributed by atoms with E-state index in [4.69, 9.17) is 0 Å². The molecule has 1 saturated heterocycles. The highest BCUT2D eigenvalue weighted by Crippen LogP contribution is 2.32. The maximum Gasteiger partial charge on any atom is 0.258 e. The molecule has 0 bridgehead atoms. The summed E-state index contributed by atoms with van der Waals surface area (Å²) in [5, 5.41) is 0.575. The molecule has 1 aromatic heterocycles. The predicted molar refractivity (Wildman–Crippen MR) is 101 cm³/mol. The average Bonchev–Trinajstić information content (AvgIpc) is 3.17. The summed E-state index contributed by atoms with van der Waals surface area (Å²) < 4.78 is 0. The van der Waals surface area contributed by atoms with Crippen molar-refractivity contribution in [3.63, 3.8) is 0 Å². The summed E-state index contributed by atoms with van der Waals surface area (Å²) in [5.74, 6) is 0.685. The van der Waals surface area contributed by atoms with Gasteiger partial charge >= 0.3 is 0 Å². The van der Waals surface area contributed by atoms with Crippen LogP contribution in [-0.4, -0.2) is 27.3 Å². The van der Waals surface area contributed by atoms with E-state index < -0.39 is 0 Å². The first kappa shape index (κ1) is 16.5. The number of H-pyrrole nitrogens is 1. The van der Waals surface area contributed by atoms with Crippen molar-refractivity contribution in [2.75, 3.05) is 6.54 Å². The number of benzene rings is 2. The fourth-order valence-electron chi connectivity index (χ4n) is 3.71. The number of nitrogens with one attached hydrogen (secondary N) is 1. The first-order valence-corrected chi connectivity index (χ1v) is 9.05. The second-order valence-corrected chi connectivity index (χ2v) is 6.69. The normalized spacial score (nSPS) is 16.9. The lowest BCUT2D eigenvalue weighted by atomic mass is 10.0. The number of rotatable bonds is 4. The van der Waals surface area contributed by atoms with Gasteiger partial charge in [0.05, 0.1) is 16.9 Å². The van der Waals surface area contributed by atoms with Crippen molar-refractivity contribution in [1.29, 1.82) is 0 Å². The standard InChI is InChI=1S/C21H21N3O2/c25-20(24-14-6-11-18(24)15-7-2-1-3-8-15)13-12-19-22-17-10-5-4-9-16(17)21(26)23-19/h1-5,7-10,18H,6,11-14H2,(H,22,23,26). The summed E-state index contributed by atoms with van der Waals surface area (Å²) in [5.41, 5.74) is 1.71. The number of hydrogen-bond donors (Lipinski definition) is 1. The summed E-state index contributed by atoms with van der Waals surface area (Å²) in [6.07, 6.45) is 2.82. The van der Waals surface area contributed by atoms with Gasteiger partial charge in [-0.15, -0.1) is 0 Å². The van der Waals surface area contributed by atoms with Crippen molar-refractivity contribution < 1.29 is 4.79 Å². The molecule has 2 aromatic carbocycles. The summed E-state index contributed by atoms with van der Waals surface area (Å²) in [4.78, 5) is 34.2. The number of likely N-dealkylation sites (tertiary alicyclic amines) is 1. The highest BCUT2D eigenvalue weighted by atomic mass is 16.2. The summed E-state index contributed by atoms with van der Waals surface area (Å²) in [6, 6.07) is 17.6. The molecule has 3 aromatic rings. The molecular weight excluding hydrogens is 326 g/mol. The first-order valence-electron chi connectivity index (χ1n) is 9.05. The molecule has 0 radical (unpaired) electrons. The van der Waals surface area contributed by atoms with Gasteiger partial charge in [-0.25, -0.2) is 4.98 Å². The van der Waals surface area contributed by atoms with Crippen LogP contribution in [0.3, 0.4) is 0 Å². The monoisotopic (exact) mass is 347 g/mol. The van der Waals surface area contributed by atoms with Crippen LogP contribution in [0.25, 0.3) is 10.9 Å². The Bertz CT molecular complexity index is 981. The van der Waals surface area contributed by atoms with Crippen LogP contribution in [0.1, 0.15) is 36.7 Å². The van der Waals surface area contributed by atoms with Crippen molar-refractivity contribution in [3.8, 4) is 0 Å². The molecule has 0 spiro atoms. The van der Waals surface area contributed by atoms with Crippen molar-refractivity contribution in [3.05, 3.63) is 76.3 Å². The van der Waals surface area contributed by atoms with Crippen LogP contribution in [0.15, 0.2) is 59.4 Å². The number of aromatic nitrogens is 2. The van der Waals surface area contributed by atoms with Gasteiger partial charge in [-0.05, 0) is 30.5 Å². The average molecular weight is 347 g/mol. The van der Waals surface area contributed by atoms with Crippen LogP contribution in [0.5, 0.6) is 0 Å². The van der Waals surface area contributed by atoms with E-state index in [-0.39, 0.29) is 17.5 Å². The van der Waals surface area contributed by atoms with Crippen molar-refractivity contribution in [2.45, 2.75) is 31.7 Å². The maximum absolute atomic E-state index is 12.8. The van der Waals surface area contributed by atoms with Gasteiger partial charge in [0.2, 0.25) is 5.91 Å². The molecule has 1 unspecified atom stereocenters. The maximum atomic E-state index is 12.8. The summed E-state index contributed by atoms with van der Waals surface area (Å²) in [7, 11) is 0. The van der Waals surface area contributed by atoms with Crippen LogP contribution in [0.4, 0.5) is 0 Å². The van der Waals surface area contributed by atoms with E-state index in [0.29, 0.717) is 29.6 Å². The molecule has 0 saturated carbocycles. The Hall–Kier alpha value is -2.95. The van der Waals surface area contributed by atoms with E-state index in [2.05, 4.69) is 22.1 Å². The fraction of sp³-hybridized carbons (Fsp3) is 0.286. The highest BCUT2D eigenvalue weighted by Gasteiger charge is 2.29. The lowest BCUT2D eigenvalue weighted by Crippen LogP contribution is -2.31. The molecule has 1 aliphatic rings. The number of hydrogen-bond acceptors (Lipinski definition) is 3. The predicted octanol–water partition coefficient (Wildman–Crippen LogP) is 3.22. The summed E-state index contributed by atoms with van der Waals surface area (Å²) in [6.45, 7) is 0.792. The quantitative estimate of drug-likeness (QED) is 0.788. The number of carbonyl (C=O) groups excluding carboxylic acids is 1. The lowest BCUT2D eigenvalue weighted by molar-refractivity contribution is -0.132. The van der Waals surface area contributed by atoms with Crippen LogP contribution in [-0.2, 0) is 11.2 Å². The molecule has 132 valence electrons. The third-order valence-electron chi connectivity index (χ3n) is 5.00. The Kier molecular flexibility index (Phi) is 4.52. The number of carbonyl (C=O) groups is 1. The molecule has 1 N–H and O–H groups in total. The van der Waals surface area contributed by atoms with Crippen molar-refractivity contribution in [2.24, 2.45) is 0 Å². The third kappa shape index (κ3) is 3.25. The van der Waals surface area contributed by atoms with Gasteiger partial charge in [0.1, 0.15) is 5.82 Å². The zero-order valence-electron chi connectivity index (χ0n) is 14.5. The Morgan fingerprint density at radius 2 is 1.88 bits per heavy atom. The topological polar surface area (TPSA) is 66.1 Å². The molecule has 5 nitrogen and oxygen atoms in total. The smallest absolute Gasteiger partial charge is 0.258 e. The highest BCUT2D eigenvalue weighted by molar-refractivity contribution is 5.78. The van der Waals surface area contributed by atoms with Gasteiger partial charge in [0.15, 0.2) is 0 Å². The molecule has 1 fully saturated rings. The molecule has 1 aliphatic heterocycles. The molecule has 26 heavy (non-hydrogen) atoms. The van der Waals surface area contributed by atoms with E-state index in [1.54, 1.807) is 6.07 Å². The van der Waals surface area contributed by atoms with E-state index in [9.17, 15) is 9.59 Å². The van der Waals surface area contributed by atoms with Gasteiger partial charge < -0.3 is 9.88 Å². The molecule has 4 rings (SSSR count). The Balaban J connectivity index is 1.48. The van der Waals surface area contributed by atoms with Gasteiger partial charge in [-0.1, -0.05) is 42.5 Å². The Labute approximate surface area is 151 Å². The SMILES string of the molecule is O=C(CCc1nc2ccccc2c(=O)[nH]1)N1CCCC1c1ccccc1. The summed E-state index contributed by atoms with van der Waals surface area (Å²) >= 11 is 0. The number of fused-ring (bicyclic) bond motifs is 1. The molecule has 0 aliphatic carbocycles. The molecule has 2 heterocycles. The van der Waals surface area contributed by atoms with Crippen LogP contribution < -0.4 is 5.56 Å². The molecule has 1 amide bonds. The molecule has 1 atom stereocenters. The number of aryl methyl sites for hydroxylation is 1. The molecule has 5 heteroatoms. The minimum Gasteiger partial charge on any atom is -0.336 e. The second-order valence-electron chi connectivity index (χ2n) is 6.69. The lowest BCUT2D eigenvalue weighted by Gasteiger charge is -2.25. The minimum atomic E-state index is -0.151. The van der Waals surface area contributed by atoms with Gasteiger partial charge in [0, 0.05) is 19.4 Å². The minimum absolute atomic E-state index is 0.118. The third-order valence-corrected chi connectivity index (χ3v) is 5.00. The van der Waals surface area contributed by atoms with Crippen molar-refractivity contribution in [1.82, 2.24) is 14.9 Å². The van der Waals surface area contributed by atoms with E-state index in [0.717, 1.165) is 19.4 Å². The van der Waals surface area contributed by atoms with E-state index in [1.165, 1.54) is 5.56 Å². The van der Waals surface area contributed by atoms with Gasteiger partial charge in [0.25, 0.3) is 5.56 Å². The van der Waals surface area contributed by atoms with Crippen LogP contribution in [0, 0.1) is 0 Å². The zero-order valence-corrected chi connectivity index (χ0v) is 14.5. The largest absolute Gasteiger partial charge is 0.336 e. The Morgan fingerprint density at radius 3 is 2.73 bits per heavy atom. The fourth-order valence-corrected chi connectivity index (χ4v) is 3.71. The number of para-hydroxylation sites is 1. The Morgan fingerprint density at radius 1 is 1.12 bits per heavy atom. The number of nitrogens with zero attached hydrogens (tertiary/aromatic N) is 2. The van der Waals surface area contributed by atoms with Gasteiger partial charge in [-0.3, -0.25) is 9.59 Å². The second kappa shape index (κ2) is 7.12. The van der Waals surface area contributed by atoms with Crippen LogP contribution >= 0.6 is 0 Å². The zero-order chi connectivity index (χ0) is 17.9. The van der Waals surface area contributed by atoms with Crippen LogP contribution in [0.2, 0.25) is 0 Å².